The highest BCUT2D eigenvalue weighted by Crippen LogP contribution is 2.24. The molecule has 0 heterocycles. The Morgan fingerprint density at radius 1 is 1.06 bits per heavy atom. The molecule has 1 fully saturated rings. The lowest BCUT2D eigenvalue weighted by Gasteiger charge is -2.33. The summed E-state index contributed by atoms with van der Waals surface area (Å²) in [7, 11) is -3.79. The third-order valence-electron chi connectivity index (χ3n) is 6.69. The molecule has 1 saturated carbocycles. The maximum atomic E-state index is 13.6. The van der Waals surface area contributed by atoms with E-state index in [0.29, 0.717) is 11.3 Å². The number of sulfonamides is 1. The van der Waals surface area contributed by atoms with Gasteiger partial charge in [0.2, 0.25) is 21.8 Å². The molecule has 3 rings (SSSR count). The smallest absolute Gasteiger partial charge is 0.244 e. The van der Waals surface area contributed by atoms with Crippen LogP contribution in [0.25, 0.3) is 0 Å². The van der Waals surface area contributed by atoms with E-state index in [2.05, 4.69) is 5.32 Å². The quantitative estimate of drug-likeness (QED) is 0.543. The summed E-state index contributed by atoms with van der Waals surface area (Å²) >= 11 is 0. The van der Waals surface area contributed by atoms with E-state index in [1.54, 1.807) is 38.1 Å². The molecule has 1 aliphatic carbocycles. The number of carbonyl (C=O) groups is 2. The number of aryl methyl sites for hydroxylation is 2. The standard InChI is InChI=1S/C27H36FN3O4S/c1-19-10-15-25(20(2)16-19)31(36(4,34)35)18-26(32)30(17-22-11-13-23(28)14-12-22)21(3)27(33)29-24-8-6-5-7-9-24/h10-16,21,24H,5-9,17-18H2,1-4H3,(H,29,33). The van der Waals surface area contributed by atoms with E-state index in [0.717, 1.165) is 53.8 Å². The molecule has 1 aliphatic rings. The lowest BCUT2D eigenvalue weighted by atomic mass is 9.95. The second kappa shape index (κ2) is 11.9. The third kappa shape index (κ3) is 7.29. The number of amides is 2. The molecule has 0 aliphatic heterocycles. The average Bonchev–Trinajstić information content (AvgIpc) is 2.82. The van der Waals surface area contributed by atoms with Crippen LogP contribution in [-0.2, 0) is 26.2 Å². The van der Waals surface area contributed by atoms with Gasteiger partial charge in [0.15, 0.2) is 0 Å². The molecular weight excluding hydrogens is 481 g/mol. The molecule has 2 amide bonds. The monoisotopic (exact) mass is 517 g/mol. The Morgan fingerprint density at radius 2 is 1.69 bits per heavy atom. The molecule has 1 atom stereocenters. The van der Waals surface area contributed by atoms with Crippen LogP contribution in [0.15, 0.2) is 42.5 Å². The van der Waals surface area contributed by atoms with Crippen molar-refractivity contribution in [1.29, 1.82) is 0 Å². The molecule has 36 heavy (non-hydrogen) atoms. The zero-order chi connectivity index (χ0) is 26.5. The number of nitrogens with zero attached hydrogens (tertiary/aromatic N) is 2. The summed E-state index contributed by atoms with van der Waals surface area (Å²) in [5, 5.41) is 3.05. The van der Waals surface area contributed by atoms with Gasteiger partial charge in [0.1, 0.15) is 18.4 Å². The van der Waals surface area contributed by atoms with Crippen LogP contribution >= 0.6 is 0 Å². The van der Waals surface area contributed by atoms with Crippen molar-refractivity contribution in [2.45, 2.75) is 71.5 Å². The van der Waals surface area contributed by atoms with E-state index in [-0.39, 0.29) is 18.5 Å². The summed E-state index contributed by atoms with van der Waals surface area (Å²) in [4.78, 5) is 28.1. The predicted octanol–water partition coefficient (Wildman–Crippen LogP) is 4.07. The molecule has 0 bridgehead atoms. The molecule has 9 heteroatoms. The van der Waals surface area contributed by atoms with Gasteiger partial charge in [0, 0.05) is 12.6 Å². The minimum atomic E-state index is -3.79. The van der Waals surface area contributed by atoms with Crippen molar-refractivity contribution >= 4 is 27.5 Å². The molecule has 0 radical (unpaired) electrons. The van der Waals surface area contributed by atoms with Gasteiger partial charge in [-0.05, 0) is 62.9 Å². The number of halogens is 1. The summed E-state index contributed by atoms with van der Waals surface area (Å²) < 4.78 is 40.0. The number of hydrogen-bond acceptors (Lipinski definition) is 4. The normalized spacial score (nSPS) is 15.2. The number of carbonyl (C=O) groups excluding carboxylic acids is 2. The summed E-state index contributed by atoms with van der Waals surface area (Å²) in [6.07, 6.45) is 6.12. The number of benzene rings is 2. The van der Waals surface area contributed by atoms with Gasteiger partial charge in [-0.3, -0.25) is 13.9 Å². The Morgan fingerprint density at radius 3 is 2.28 bits per heavy atom. The van der Waals surface area contributed by atoms with Gasteiger partial charge in [0.05, 0.1) is 11.9 Å². The van der Waals surface area contributed by atoms with Gasteiger partial charge in [-0.15, -0.1) is 0 Å². The number of hydrogen-bond donors (Lipinski definition) is 1. The van der Waals surface area contributed by atoms with E-state index in [9.17, 15) is 22.4 Å². The van der Waals surface area contributed by atoms with Crippen molar-refractivity contribution in [2.75, 3.05) is 17.1 Å². The van der Waals surface area contributed by atoms with Crippen molar-refractivity contribution in [1.82, 2.24) is 10.2 Å². The lowest BCUT2D eigenvalue weighted by molar-refractivity contribution is -0.139. The first-order chi connectivity index (χ1) is 17.0. The fourth-order valence-corrected chi connectivity index (χ4v) is 5.52. The molecule has 7 nitrogen and oxygen atoms in total. The summed E-state index contributed by atoms with van der Waals surface area (Å²) in [5.74, 6) is -1.20. The minimum absolute atomic E-state index is 0.0445. The van der Waals surface area contributed by atoms with Crippen LogP contribution in [-0.4, -0.2) is 50.0 Å². The molecule has 2 aromatic rings. The second-order valence-electron chi connectivity index (χ2n) is 9.73. The summed E-state index contributed by atoms with van der Waals surface area (Å²) in [5.41, 5.74) is 2.75. The average molecular weight is 518 g/mol. The molecular formula is C27H36FN3O4S. The summed E-state index contributed by atoms with van der Waals surface area (Å²) in [6, 6.07) is 10.3. The topological polar surface area (TPSA) is 86.8 Å². The van der Waals surface area contributed by atoms with Crippen LogP contribution in [0.5, 0.6) is 0 Å². The molecule has 0 saturated heterocycles. The molecule has 1 unspecified atom stereocenters. The summed E-state index contributed by atoms with van der Waals surface area (Å²) in [6.45, 7) is 4.93. The van der Waals surface area contributed by atoms with Crippen LogP contribution in [0.3, 0.4) is 0 Å². The van der Waals surface area contributed by atoms with Crippen LogP contribution in [0.2, 0.25) is 0 Å². The number of rotatable bonds is 9. The van der Waals surface area contributed by atoms with Gasteiger partial charge < -0.3 is 10.2 Å². The number of anilines is 1. The Kier molecular flexibility index (Phi) is 9.11. The van der Waals surface area contributed by atoms with Gasteiger partial charge in [-0.1, -0.05) is 49.1 Å². The first-order valence-electron chi connectivity index (χ1n) is 12.3. The van der Waals surface area contributed by atoms with Crippen LogP contribution in [0, 0.1) is 19.7 Å². The van der Waals surface area contributed by atoms with E-state index in [1.165, 1.54) is 17.0 Å². The highest BCUT2D eigenvalue weighted by atomic mass is 32.2. The maximum absolute atomic E-state index is 13.6. The van der Waals surface area contributed by atoms with E-state index < -0.39 is 34.3 Å². The van der Waals surface area contributed by atoms with Crippen LogP contribution in [0.4, 0.5) is 10.1 Å². The minimum Gasteiger partial charge on any atom is -0.352 e. The molecule has 196 valence electrons. The predicted molar refractivity (Wildman–Crippen MR) is 140 cm³/mol. The SMILES string of the molecule is Cc1ccc(N(CC(=O)N(Cc2ccc(F)cc2)C(C)C(=O)NC2CCCCC2)S(C)(=O)=O)c(C)c1. The van der Waals surface area contributed by atoms with E-state index >= 15 is 0 Å². The third-order valence-corrected chi connectivity index (χ3v) is 7.81. The molecule has 2 aromatic carbocycles. The zero-order valence-electron chi connectivity index (χ0n) is 21.5. The van der Waals surface area contributed by atoms with E-state index in [1.807, 2.05) is 13.0 Å². The van der Waals surface area contributed by atoms with Crippen molar-refractivity contribution < 1.29 is 22.4 Å². The molecule has 0 spiro atoms. The Balaban J connectivity index is 1.88. The fourth-order valence-electron chi connectivity index (χ4n) is 4.62. The van der Waals surface area contributed by atoms with Crippen molar-refractivity contribution in [3.05, 3.63) is 65.0 Å². The van der Waals surface area contributed by atoms with Gasteiger partial charge in [0.25, 0.3) is 0 Å². The van der Waals surface area contributed by atoms with Crippen molar-refractivity contribution in [3.8, 4) is 0 Å². The van der Waals surface area contributed by atoms with E-state index in [4.69, 9.17) is 0 Å². The highest BCUT2D eigenvalue weighted by molar-refractivity contribution is 7.92. The second-order valence-corrected chi connectivity index (χ2v) is 11.6. The zero-order valence-corrected chi connectivity index (χ0v) is 22.3. The Hall–Kier alpha value is -2.94. The number of nitrogens with one attached hydrogen (secondary N) is 1. The van der Waals surface area contributed by atoms with Crippen LogP contribution < -0.4 is 9.62 Å². The lowest BCUT2D eigenvalue weighted by Crippen LogP contribution is -2.53. The van der Waals surface area contributed by atoms with Gasteiger partial charge in [-0.25, -0.2) is 12.8 Å². The first kappa shape index (κ1) is 27.6. The maximum Gasteiger partial charge on any atom is 0.244 e. The van der Waals surface area contributed by atoms with Gasteiger partial charge >= 0.3 is 0 Å². The fraction of sp³-hybridized carbons (Fsp3) is 0.481. The van der Waals surface area contributed by atoms with Crippen LogP contribution in [0.1, 0.15) is 55.7 Å². The highest BCUT2D eigenvalue weighted by Gasteiger charge is 2.31. The van der Waals surface area contributed by atoms with Crippen molar-refractivity contribution in [2.24, 2.45) is 0 Å². The van der Waals surface area contributed by atoms with Crippen molar-refractivity contribution in [3.63, 3.8) is 0 Å². The first-order valence-corrected chi connectivity index (χ1v) is 14.2. The Bertz CT molecular complexity index is 1180. The molecule has 1 N–H and O–H groups in total. The molecule has 0 aromatic heterocycles. The largest absolute Gasteiger partial charge is 0.352 e. The van der Waals surface area contributed by atoms with Gasteiger partial charge in [-0.2, -0.15) is 0 Å². The Labute approximate surface area is 213 Å².